The molecule has 2 aromatic rings. The Morgan fingerprint density at radius 1 is 1.20 bits per heavy atom. The van der Waals surface area contributed by atoms with Crippen LogP contribution in [0.1, 0.15) is 0 Å². The number of fused-ring (bicyclic) bond motifs is 1. The van der Waals surface area contributed by atoms with E-state index < -0.39 is 11.7 Å². The molecule has 25 heavy (non-hydrogen) atoms. The number of carbonyl (C=O) groups is 2. The third-order valence-corrected chi connectivity index (χ3v) is 3.66. The normalized spacial score (nSPS) is 13.0. The second-order valence-electron chi connectivity index (χ2n) is 5.37. The Bertz CT molecular complexity index is 781. The van der Waals surface area contributed by atoms with Gasteiger partial charge in [0.2, 0.25) is 0 Å². The first-order chi connectivity index (χ1) is 12.1. The van der Waals surface area contributed by atoms with Gasteiger partial charge in [0.1, 0.15) is 5.75 Å². The van der Waals surface area contributed by atoms with Crippen molar-refractivity contribution < 1.29 is 23.5 Å². The van der Waals surface area contributed by atoms with Crippen molar-refractivity contribution in [2.75, 3.05) is 31.2 Å². The molecule has 0 spiro atoms. The summed E-state index contributed by atoms with van der Waals surface area (Å²) in [5, 5.41) is 2.65. The molecular formula is C18H17FN2O4. The van der Waals surface area contributed by atoms with Crippen LogP contribution >= 0.6 is 0 Å². The minimum absolute atomic E-state index is 0.0231. The second-order valence-corrected chi connectivity index (χ2v) is 5.37. The van der Waals surface area contributed by atoms with Gasteiger partial charge in [0, 0.05) is 13.1 Å². The van der Waals surface area contributed by atoms with Crippen LogP contribution < -0.4 is 19.7 Å². The monoisotopic (exact) mass is 344 g/mol. The Morgan fingerprint density at radius 3 is 2.80 bits per heavy atom. The number of nitrogens with one attached hydrogen (secondary N) is 1. The van der Waals surface area contributed by atoms with Gasteiger partial charge in [-0.1, -0.05) is 24.3 Å². The molecule has 2 amide bonds. The van der Waals surface area contributed by atoms with E-state index >= 15 is 0 Å². The van der Waals surface area contributed by atoms with Crippen molar-refractivity contribution >= 4 is 17.5 Å². The number of hydrogen-bond donors (Lipinski definition) is 1. The standard InChI is InChI=1S/C18H17FN2O4/c19-13-5-1-3-7-15(13)24-11-17(22)20-9-10-21-14-6-2-4-8-16(14)25-12-18(21)23/h1-8H,9-12H2,(H,20,22). The molecule has 0 fully saturated rings. The fourth-order valence-corrected chi connectivity index (χ4v) is 2.46. The molecular weight excluding hydrogens is 327 g/mol. The molecule has 7 heteroatoms. The summed E-state index contributed by atoms with van der Waals surface area (Å²) in [6.45, 7) is 0.236. The Morgan fingerprint density at radius 2 is 1.96 bits per heavy atom. The summed E-state index contributed by atoms with van der Waals surface area (Å²) in [6, 6.07) is 13.1. The molecule has 0 saturated heterocycles. The van der Waals surface area contributed by atoms with Gasteiger partial charge < -0.3 is 19.7 Å². The third-order valence-electron chi connectivity index (χ3n) is 3.66. The molecule has 2 aromatic carbocycles. The van der Waals surface area contributed by atoms with E-state index in [1.54, 1.807) is 29.2 Å². The second kappa shape index (κ2) is 7.65. The number of ether oxygens (including phenoxy) is 2. The van der Waals surface area contributed by atoms with Crippen LogP contribution in [0, 0.1) is 5.82 Å². The van der Waals surface area contributed by atoms with Crippen molar-refractivity contribution in [3.8, 4) is 11.5 Å². The predicted molar refractivity (Wildman–Crippen MR) is 89.2 cm³/mol. The molecule has 1 heterocycles. The molecule has 1 N–H and O–H groups in total. The summed E-state index contributed by atoms with van der Waals surface area (Å²) < 4.78 is 23.9. The summed E-state index contributed by atoms with van der Waals surface area (Å²) >= 11 is 0. The minimum atomic E-state index is -0.522. The van der Waals surface area contributed by atoms with E-state index in [-0.39, 0.29) is 31.4 Å². The number of carbonyl (C=O) groups excluding carboxylic acids is 2. The Kier molecular flexibility index (Phi) is 5.13. The van der Waals surface area contributed by atoms with Crippen LogP contribution in [0.15, 0.2) is 48.5 Å². The average molecular weight is 344 g/mol. The van der Waals surface area contributed by atoms with E-state index in [2.05, 4.69) is 5.32 Å². The highest BCUT2D eigenvalue weighted by Gasteiger charge is 2.24. The van der Waals surface area contributed by atoms with Gasteiger partial charge in [-0.25, -0.2) is 4.39 Å². The Hall–Kier alpha value is -3.09. The highest BCUT2D eigenvalue weighted by molar-refractivity contribution is 5.97. The average Bonchev–Trinajstić information content (AvgIpc) is 2.63. The molecule has 1 aliphatic rings. The number of rotatable bonds is 6. The zero-order valence-corrected chi connectivity index (χ0v) is 13.4. The first kappa shape index (κ1) is 16.8. The summed E-state index contributed by atoms with van der Waals surface area (Å²) in [5.74, 6) is -0.426. The lowest BCUT2D eigenvalue weighted by atomic mass is 10.2. The number of nitrogens with zero attached hydrogens (tertiary/aromatic N) is 1. The van der Waals surface area contributed by atoms with Crippen LogP contribution in [0.5, 0.6) is 11.5 Å². The molecule has 6 nitrogen and oxygen atoms in total. The Balaban J connectivity index is 1.49. The quantitative estimate of drug-likeness (QED) is 0.867. The fourth-order valence-electron chi connectivity index (χ4n) is 2.46. The van der Waals surface area contributed by atoms with Gasteiger partial charge >= 0.3 is 0 Å². The molecule has 1 aliphatic heterocycles. The lowest BCUT2D eigenvalue weighted by Gasteiger charge is -2.29. The van der Waals surface area contributed by atoms with Crippen molar-refractivity contribution in [2.24, 2.45) is 0 Å². The Labute approximate surface area is 144 Å². The third kappa shape index (κ3) is 4.06. The van der Waals surface area contributed by atoms with Crippen LogP contribution in [0.25, 0.3) is 0 Å². The molecule has 0 saturated carbocycles. The highest BCUT2D eigenvalue weighted by Crippen LogP contribution is 2.30. The molecule has 3 rings (SSSR count). The van der Waals surface area contributed by atoms with Crippen LogP contribution in [0.4, 0.5) is 10.1 Å². The summed E-state index contributed by atoms with van der Waals surface area (Å²) in [6.07, 6.45) is 0. The van der Waals surface area contributed by atoms with Crippen molar-refractivity contribution in [1.82, 2.24) is 5.32 Å². The van der Waals surface area contributed by atoms with Gasteiger partial charge in [-0.05, 0) is 24.3 Å². The molecule has 0 aromatic heterocycles. The maximum atomic E-state index is 13.4. The molecule has 0 aliphatic carbocycles. The first-order valence-corrected chi connectivity index (χ1v) is 7.81. The maximum Gasteiger partial charge on any atom is 0.265 e. The SMILES string of the molecule is O=C(COc1ccccc1F)NCCN1C(=O)COc2ccccc21. The first-order valence-electron chi connectivity index (χ1n) is 7.81. The van der Waals surface area contributed by atoms with Crippen molar-refractivity contribution in [2.45, 2.75) is 0 Å². The van der Waals surface area contributed by atoms with E-state index in [1.807, 2.05) is 12.1 Å². The van der Waals surface area contributed by atoms with Crippen LogP contribution in [0.3, 0.4) is 0 Å². The lowest BCUT2D eigenvalue weighted by molar-refractivity contribution is -0.124. The van der Waals surface area contributed by atoms with E-state index in [0.29, 0.717) is 18.0 Å². The molecule has 0 unspecified atom stereocenters. The van der Waals surface area contributed by atoms with E-state index in [4.69, 9.17) is 9.47 Å². The topological polar surface area (TPSA) is 67.9 Å². The summed E-state index contributed by atoms with van der Waals surface area (Å²) in [5.41, 5.74) is 0.676. The van der Waals surface area contributed by atoms with Gasteiger partial charge in [0.25, 0.3) is 11.8 Å². The fraction of sp³-hybridized carbons (Fsp3) is 0.222. The largest absolute Gasteiger partial charge is 0.482 e. The van der Waals surface area contributed by atoms with Gasteiger partial charge in [-0.3, -0.25) is 9.59 Å². The minimum Gasteiger partial charge on any atom is -0.482 e. The van der Waals surface area contributed by atoms with Gasteiger partial charge in [0.15, 0.2) is 24.8 Å². The predicted octanol–water partition coefficient (Wildman–Crippen LogP) is 1.75. The van der Waals surface area contributed by atoms with E-state index in [0.717, 1.165) is 0 Å². The number of amides is 2. The van der Waals surface area contributed by atoms with Crippen molar-refractivity contribution in [3.63, 3.8) is 0 Å². The van der Waals surface area contributed by atoms with Gasteiger partial charge in [-0.2, -0.15) is 0 Å². The van der Waals surface area contributed by atoms with Crippen LogP contribution in [-0.4, -0.2) is 38.1 Å². The number of anilines is 1. The van der Waals surface area contributed by atoms with Crippen molar-refractivity contribution in [3.05, 3.63) is 54.3 Å². The lowest BCUT2D eigenvalue weighted by Crippen LogP contribution is -2.44. The summed E-state index contributed by atoms with van der Waals surface area (Å²) in [4.78, 5) is 25.4. The molecule has 0 radical (unpaired) electrons. The molecule has 130 valence electrons. The van der Waals surface area contributed by atoms with E-state index in [9.17, 15) is 14.0 Å². The van der Waals surface area contributed by atoms with Crippen molar-refractivity contribution in [1.29, 1.82) is 0 Å². The summed E-state index contributed by atoms with van der Waals surface area (Å²) in [7, 11) is 0. The van der Waals surface area contributed by atoms with Gasteiger partial charge in [-0.15, -0.1) is 0 Å². The maximum absolute atomic E-state index is 13.4. The zero-order valence-electron chi connectivity index (χ0n) is 13.4. The molecule has 0 bridgehead atoms. The smallest absolute Gasteiger partial charge is 0.265 e. The highest BCUT2D eigenvalue weighted by atomic mass is 19.1. The number of benzene rings is 2. The van der Waals surface area contributed by atoms with Gasteiger partial charge in [0.05, 0.1) is 5.69 Å². The number of hydrogen-bond acceptors (Lipinski definition) is 4. The zero-order chi connectivity index (χ0) is 17.6. The number of para-hydroxylation sites is 3. The van der Waals surface area contributed by atoms with E-state index in [1.165, 1.54) is 12.1 Å². The van der Waals surface area contributed by atoms with Crippen LogP contribution in [0.2, 0.25) is 0 Å². The number of halogens is 1. The molecule has 0 atom stereocenters. The van der Waals surface area contributed by atoms with Crippen LogP contribution in [-0.2, 0) is 9.59 Å².